The highest BCUT2D eigenvalue weighted by Crippen LogP contribution is 2.33. The molecule has 0 amide bonds. The van der Waals surface area contributed by atoms with Gasteiger partial charge in [0.15, 0.2) is 11.6 Å². The van der Waals surface area contributed by atoms with E-state index in [9.17, 15) is 4.39 Å². The summed E-state index contributed by atoms with van der Waals surface area (Å²) in [6, 6.07) is 9.20. The van der Waals surface area contributed by atoms with Gasteiger partial charge in [0.05, 0.1) is 7.11 Å². The van der Waals surface area contributed by atoms with Crippen LogP contribution in [0.4, 0.5) is 4.39 Å². The minimum absolute atomic E-state index is 0.215. The summed E-state index contributed by atoms with van der Waals surface area (Å²) >= 11 is 0. The second-order valence-electron chi connectivity index (χ2n) is 6.20. The van der Waals surface area contributed by atoms with Crippen LogP contribution in [0.3, 0.4) is 0 Å². The number of H-pyrrole nitrogens is 1. The van der Waals surface area contributed by atoms with E-state index in [0.29, 0.717) is 11.3 Å². The van der Waals surface area contributed by atoms with Crippen molar-refractivity contribution in [2.45, 2.75) is 40.0 Å². The minimum atomic E-state index is -0.413. The SMILES string of the molecule is CCc1cc(-c2n[nH]nc2-c2ccc(OC)c(F)c2)cc(CC)c1CC. The van der Waals surface area contributed by atoms with Gasteiger partial charge in [0.1, 0.15) is 11.4 Å². The molecule has 0 saturated heterocycles. The second kappa shape index (κ2) is 7.68. The molecule has 26 heavy (non-hydrogen) atoms. The zero-order valence-corrected chi connectivity index (χ0v) is 15.7. The molecule has 3 aromatic rings. The Morgan fingerprint density at radius 2 is 1.50 bits per heavy atom. The summed E-state index contributed by atoms with van der Waals surface area (Å²) in [6.45, 7) is 6.52. The maximum Gasteiger partial charge on any atom is 0.165 e. The average Bonchev–Trinajstić information content (AvgIpc) is 3.16. The fourth-order valence-corrected chi connectivity index (χ4v) is 3.47. The van der Waals surface area contributed by atoms with E-state index in [4.69, 9.17) is 4.74 Å². The Bertz CT molecular complexity index is 892. The van der Waals surface area contributed by atoms with Crippen LogP contribution in [-0.4, -0.2) is 22.5 Å². The van der Waals surface area contributed by atoms with Gasteiger partial charge in [-0.05, 0) is 66.3 Å². The molecule has 0 spiro atoms. The maximum absolute atomic E-state index is 14.1. The highest BCUT2D eigenvalue weighted by atomic mass is 19.1. The first-order valence-corrected chi connectivity index (χ1v) is 9.02. The predicted molar refractivity (Wildman–Crippen MR) is 102 cm³/mol. The molecule has 4 nitrogen and oxygen atoms in total. The van der Waals surface area contributed by atoms with Gasteiger partial charge in [0, 0.05) is 11.1 Å². The van der Waals surface area contributed by atoms with Crippen molar-refractivity contribution in [3.05, 3.63) is 52.8 Å². The Kier molecular flexibility index (Phi) is 5.35. The Morgan fingerprint density at radius 1 is 0.885 bits per heavy atom. The van der Waals surface area contributed by atoms with Crippen molar-refractivity contribution in [1.29, 1.82) is 0 Å². The van der Waals surface area contributed by atoms with Crippen LogP contribution in [0, 0.1) is 5.82 Å². The van der Waals surface area contributed by atoms with Gasteiger partial charge < -0.3 is 4.74 Å². The number of rotatable bonds is 6. The molecule has 5 heteroatoms. The summed E-state index contributed by atoms with van der Waals surface area (Å²) in [5.74, 6) is -0.198. The van der Waals surface area contributed by atoms with Gasteiger partial charge in [-0.15, -0.1) is 0 Å². The molecule has 3 rings (SSSR count). The molecule has 0 unspecified atom stereocenters. The van der Waals surface area contributed by atoms with E-state index in [-0.39, 0.29) is 5.75 Å². The second-order valence-corrected chi connectivity index (χ2v) is 6.20. The van der Waals surface area contributed by atoms with Gasteiger partial charge in [-0.3, -0.25) is 0 Å². The summed E-state index contributed by atoms with van der Waals surface area (Å²) in [6.07, 6.45) is 2.95. The number of aryl methyl sites for hydroxylation is 2. The maximum atomic E-state index is 14.1. The Hall–Kier alpha value is -2.69. The van der Waals surface area contributed by atoms with Crippen LogP contribution in [0.15, 0.2) is 30.3 Å². The first-order chi connectivity index (χ1) is 12.6. The van der Waals surface area contributed by atoms with E-state index in [0.717, 1.165) is 30.5 Å². The van der Waals surface area contributed by atoms with E-state index < -0.39 is 5.82 Å². The number of hydrogen-bond acceptors (Lipinski definition) is 3. The van der Waals surface area contributed by atoms with Gasteiger partial charge in [-0.25, -0.2) is 4.39 Å². The number of nitrogens with zero attached hydrogens (tertiary/aromatic N) is 2. The summed E-state index contributed by atoms with van der Waals surface area (Å²) < 4.78 is 19.1. The van der Waals surface area contributed by atoms with E-state index in [2.05, 4.69) is 48.3 Å². The summed E-state index contributed by atoms with van der Waals surface area (Å²) in [7, 11) is 1.45. The fourth-order valence-electron chi connectivity index (χ4n) is 3.47. The molecule has 0 aliphatic rings. The molecule has 0 atom stereocenters. The molecule has 2 aromatic carbocycles. The van der Waals surface area contributed by atoms with Gasteiger partial charge >= 0.3 is 0 Å². The van der Waals surface area contributed by atoms with E-state index in [1.165, 1.54) is 29.9 Å². The topological polar surface area (TPSA) is 50.8 Å². The van der Waals surface area contributed by atoms with Crippen molar-refractivity contribution in [3.63, 3.8) is 0 Å². The van der Waals surface area contributed by atoms with Gasteiger partial charge in [0.25, 0.3) is 0 Å². The van der Waals surface area contributed by atoms with Crippen molar-refractivity contribution < 1.29 is 9.13 Å². The van der Waals surface area contributed by atoms with Crippen molar-refractivity contribution in [3.8, 4) is 28.3 Å². The lowest BCUT2D eigenvalue weighted by Gasteiger charge is -2.14. The molecule has 1 aromatic heterocycles. The Balaban J connectivity index is 2.13. The third-order valence-electron chi connectivity index (χ3n) is 4.80. The molecule has 0 radical (unpaired) electrons. The largest absolute Gasteiger partial charge is 0.494 e. The lowest BCUT2D eigenvalue weighted by molar-refractivity contribution is 0.386. The lowest BCUT2D eigenvalue weighted by Crippen LogP contribution is -1.99. The van der Waals surface area contributed by atoms with Gasteiger partial charge in [-0.2, -0.15) is 15.4 Å². The third kappa shape index (κ3) is 3.21. The zero-order valence-electron chi connectivity index (χ0n) is 15.7. The van der Waals surface area contributed by atoms with Gasteiger partial charge in [0.2, 0.25) is 0 Å². The van der Waals surface area contributed by atoms with E-state index >= 15 is 0 Å². The third-order valence-corrected chi connectivity index (χ3v) is 4.80. The average molecular weight is 353 g/mol. The summed E-state index contributed by atoms with van der Waals surface area (Å²) in [5, 5.41) is 11.3. The predicted octanol–water partition coefficient (Wildman–Crippen LogP) is 4.97. The number of aromatic nitrogens is 3. The van der Waals surface area contributed by atoms with Crippen molar-refractivity contribution in [2.75, 3.05) is 7.11 Å². The van der Waals surface area contributed by atoms with Crippen LogP contribution >= 0.6 is 0 Å². The first-order valence-electron chi connectivity index (χ1n) is 9.02. The quantitative estimate of drug-likeness (QED) is 0.680. The normalized spacial score (nSPS) is 11.0. The van der Waals surface area contributed by atoms with Crippen LogP contribution in [0.1, 0.15) is 37.5 Å². The molecule has 136 valence electrons. The van der Waals surface area contributed by atoms with Crippen LogP contribution < -0.4 is 4.74 Å². The summed E-state index contributed by atoms with van der Waals surface area (Å²) in [5.41, 5.74) is 7.13. The highest BCUT2D eigenvalue weighted by Gasteiger charge is 2.17. The Labute approximate surface area is 153 Å². The number of aromatic amines is 1. The standard InChI is InChI=1S/C21H24FN3O/c1-5-13-10-16(11-14(6-2)17(13)7-3)21-20(23-25-24-21)15-8-9-19(26-4)18(22)12-15/h8-12H,5-7H2,1-4H3,(H,23,24,25). The number of benzene rings is 2. The Morgan fingerprint density at radius 3 is 2.00 bits per heavy atom. The molecule has 0 fully saturated rings. The van der Waals surface area contributed by atoms with E-state index in [1.54, 1.807) is 12.1 Å². The van der Waals surface area contributed by atoms with Crippen LogP contribution in [0.25, 0.3) is 22.5 Å². The lowest BCUT2D eigenvalue weighted by atomic mass is 9.91. The van der Waals surface area contributed by atoms with Crippen LogP contribution in [0.5, 0.6) is 5.75 Å². The van der Waals surface area contributed by atoms with E-state index in [1.807, 2.05) is 0 Å². The van der Waals surface area contributed by atoms with Crippen LogP contribution in [-0.2, 0) is 19.3 Å². The molecular formula is C21H24FN3O. The number of hydrogen-bond donors (Lipinski definition) is 1. The van der Waals surface area contributed by atoms with Gasteiger partial charge in [-0.1, -0.05) is 20.8 Å². The monoisotopic (exact) mass is 353 g/mol. The number of methoxy groups -OCH3 is 1. The minimum Gasteiger partial charge on any atom is -0.494 e. The molecule has 0 aliphatic carbocycles. The van der Waals surface area contributed by atoms with Crippen molar-refractivity contribution in [2.24, 2.45) is 0 Å². The van der Waals surface area contributed by atoms with Crippen LogP contribution in [0.2, 0.25) is 0 Å². The molecule has 0 saturated carbocycles. The van der Waals surface area contributed by atoms with Crippen molar-refractivity contribution in [1.82, 2.24) is 15.4 Å². The first kappa shape index (κ1) is 18.1. The number of nitrogens with one attached hydrogen (secondary N) is 1. The zero-order chi connectivity index (χ0) is 18.7. The number of halogens is 1. The molecule has 0 aliphatic heterocycles. The molecule has 1 heterocycles. The van der Waals surface area contributed by atoms with Crippen molar-refractivity contribution >= 4 is 0 Å². The fraction of sp³-hybridized carbons (Fsp3) is 0.333. The number of ether oxygens (including phenoxy) is 1. The molecule has 0 bridgehead atoms. The summed E-state index contributed by atoms with van der Waals surface area (Å²) in [4.78, 5) is 0. The molecule has 1 N–H and O–H groups in total. The highest BCUT2D eigenvalue weighted by molar-refractivity contribution is 5.78. The smallest absolute Gasteiger partial charge is 0.165 e. The molecular weight excluding hydrogens is 329 g/mol.